The Hall–Kier alpha value is -2.21. The third kappa shape index (κ3) is 2.95. The molecule has 1 aromatic carbocycles. The van der Waals surface area contributed by atoms with Crippen molar-refractivity contribution in [1.82, 2.24) is 14.3 Å². The number of carbonyl (C=O) groups is 1. The van der Waals surface area contributed by atoms with Gasteiger partial charge in [-0.1, -0.05) is 18.2 Å². The van der Waals surface area contributed by atoms with Gasteiger partial charge < -0.3 is 4.90 Å². The molecule has 0 saturated heterocycles. The number of fused-ring (bicyclic) bond motifs is 1. The van der Waals surface area contributed by atoms with Crippen LogP contribution in [0.5, 0.6) is 0 Å². The molecule has 0 spiro atoms. The summed E-state index contributed by atoms with van der Waals surface area (Å²) in [5.41, 5.74) is 1.24. The minimum atomic E-state index is -0.292. The standard InChI is InChI=1S/C15H14FN3OS/c1-18(9-11-4-2-3-5-13(11)16)14(20)8-12-10-19-6-7-21-15(19)17-12/h2-7,10H,8-9H2,1H3. The van der Waals surface area contributed by atoms with Crippen molar-refractivity contribution in [2.24, 2.45) is 0 Å². The molecule has 2 aromatic heterocycles. The highest BCUT2D eigenvalue weighted by Gasteiger charge is 2.14. The van der Waals surface area contributed by atoms with Gasteiger partial charge in [0.05, 0.1) is 12.1 Å². The van der Waals surface area contributed by atoms with Crippen LogP contribution in [-0.2, 0) is 17.8 Å². The lowest BCUT2D eigenvalue weighted by molar-refractivity contribution is -0.129. The summed E-state index contributed by atoms with van der Waals surface area (Å²) in [5, 5.41) is 1.94. The van der Waals surface area contributed by atoms with Gasteiger partial charge in [-0.3, -0.25) is 9.20 Å². The number of hydrogen-bond acceptors (Lipinski definition) is 3. The zero-order chi connectivity index (χ0) is 14.8. The molecule has 1 amide bonds. The van der Waals surface area contributed by atoms with E-state index in [2.05, 4.69) is 4.98 Å². The number of imidazole rings is 1. The molecule has 108 valence electrons. The summed E-state index contributed by atoms with van der Waals surface area (Å²) >= 11 is 1.53. The Labute approximate surface area is 125 Å². The molecule has 0 aliphatic rings. The van der Waals surface area contributed by atoms with Gasteiger partial charge in [-0.05, 0) is 6.07 Å². The molecule has 4 nitrogen and oxygen atoms in total. The summed E-state index contributed by atoms with van der Waals surface area (Å²) in [6.07, 6.45) is 3.98. The maximum atomic E-state index is 13.6. The quantitative estimate of drug-likeness (QED) is 0.743. The number of benzene rings is 1. The Morgan fingerprint density at radius 1 is 1.43 bits per heavy atom. The number of halogens is 1. The number of likely N-dealkylation sites (N-methyl/N-ethyl adjacent to an activating group) is 1. The molecule has 0 radical (unpaired) electrons. The topological polar surface area (TPSA) is 37.6 Å². The minimum Gasteiger partial charge on any atom is -0.341 e. The van der Waals surface area contributed by atoms with Crippen LogP contribution in [-0.4, -0.2) is 27.2 Å². The second-order valence-corrected chi connectivity index (χ2v) is 5.72. The fourth-order valence-electron chi connectivity index (χ4n) is 2.12. The molecule has 0 fully saturated rings. The third-order valence-corrected chi connectivity index (χ3v) is 4.04. The molecule has 3 rings (SSSR count). The Kier molecular flexibility index (Phi) is 3.70. The zero-order valence-electron chi connectivity index (χ0n) is 11.5. The normalized spacial score (nSPS) is 11.0. The van der Waals surface area contributed by atoms with Crippen LogP contribution in [0.15, 0.2) is 42.0 Å². The Morgan fingerprint density at radius 3 is 3.00 bits per heavy atom. The molecular formula is C15H14FN3OS. The van der Waals surface area contributed by atoms with Gasteiger partial charge in [0, 0.05) is 36.9 Å². The molecule has 0 saturated carbocycles. The van der Waals surface area contributed by atoms with Crippen molar-refractivity contribution in [2.45, 2.75) is 13.0 Å². The molecular weight excluding hydrogens is 289 g/mol. The van der Waals surface area contributed by atoms with E-state index in [1.165, 1.54) is 22.3 Å². The average Bonchev–Trinajstić information content (AvgIpc) is 3.02. The number of carbonyl (C=O) groups excluding carboxylic acids is 1. The fraction of sp³-hybridized carbons (Fsp3) is 0.200. The second-order valence-electron chi connectivity index (χ2n) is 4.84. The van der Waals surface area contributed by atoms with Gasteiger partial charge >= 0.3 is 0 Å². The maximum Gasteiger partial charge on any atom is 0.228 e. The largest absolute Gasteiger partial charge is 0.341 e. The highest BCUT2D eigenvalue weighted by atomic mass is 32.1. The van der Waals surface area contributed by atoms with Crippen molar-refractivity contribution in [2.75, 3.05) is 7.05 Å². The average molecular weight is 303 g/mol. The summed E-state index contributed by atoms with van der Waals surface area (Å²) in [6.45, 7) is 0.258. The second kappa shape index (κ2) is 5.65. The number of aromatic nitrogens is 2. The monoisotopic (exact) mass is 303 g/mol. The first-order valence-corrected chi connectivity index (χ1v) is 7.40. The number of thiazole rings is 1. The van der Waals surface area contributed by atoms with Gasteiger partial charge in [0.15, 0.2) is 4.96 Å². The van der Waals surface area contributed by atoms with Crippen LogP contribution in [0.25, 0.3) is 4.96 Å². The van der Waals surface area contributed by atoms with E-state index in [0.29, 0.717) is 5.56 Å². The highest BCUT2D eigenvalue weighted by Crippen LogP contribution is 2.13. The predicted molar refractivity (Wildman–Crippen MR) is 79.6 cm³/mol. The van der Waals surface area contributed by atoms with E-state index in [-0.39, 0.29) is 24.7 Å². The zero-order valence-corrected chi connectivity index (χ0v) is 12.3. The van der Waals surface area contributed by atoms with Crippen LogP contribution in [0, 0.1) is 5.82 Å². The number of amides is 1. The molecule has 0 aliphatic carbocycles. The lowest BCUT2D eigenvalue weighted by atomic mass is 10.2. The van der Waals surface area contributed by atoms with Crippen LogP contribution in [0.2, 0.25) is 0 Å². The van der Waals surface area contributed by atoms with E-state index >= 15 is 0 Å². The summed E-state index contributed by atoms with van der Waals surface area (Å²) in [5.74, 6) is -0.372. The first kappa shape index (κ1) is 13.8. The Bertz CT molecular complexity index is 751. The minimum absolute atomic E-state index is 0.0796. The smallest absolute Gasteiger partial charge is 0.228 e. The van der Waals surface area contributed by atoms with Crippen molar-refractivity contribution in [1.29, 1.82) is 0 Å². The predicted octanol–water partition coefficient (Wildman–Crippen LogP) is 2.74. The first-order chi connectivity index (χ1) is 10.1. The maximum absolute atomic E-state index is 13.6. The highest BCUT2D eigenvalue weighted by molar-refractivity contribution is 7.15. The van der Waals surface area contributed by atoms with Crippen LogP contribution < -0.4 is 0 Å². The van der Waals surface area contributed by atoms with E-state index in [9.17, 15) is 9.18 Å². The Morgan fingerprint density at radius 2 is 2.24 bits per heavy atom. The van der Waals surface area contributed by atoms with Gasteiger partial charge in [-0.15, -0.1) is 11.3 Å². The fourth-order valence-corrected chi connectivity index (χ4v) is 2.84. The molecule has 21 heavy (non-hydrogen) atoms. The van der Waals surface area contributed by atoms with E-state index in [1.54, 1.807) is 25.2 Å². The van der Waals surface area contributed by atoms with Crippen LogP contribution in [0.1, 0.15) is 11.3 Å². The summed E-state index contributed by atoms with van der Waals surface area (Å²) in [7, 11) is 1.67. The molecule has 0 aliphatic heterocycles. The number of hydrogen-bond donors (Lipinski definition) is 0. The van der Waals surface area contributed by atoms with E-state index in [4.69, 9.17) is 0 Å². The van der Waals surface area contributed by atoms with Crippen LogP contribution in [0.3, 0.4) is 0 Å². The van der Waals surface area contributed by atoms with Gasteiger partial charge in [-0.25, -0.2) is 9.37 Å². The van der Waals surface area contributed by atoms with Gasteiger partial charge in [0.25, 0.3) is 0 Å². The number of rotatable bonds is 4. The van der Waals surface area contributed by atoms with Crippen LogP contribution >= 0.6 is 11.3 Å². The molecule has 6 heteroatoms. The van der Waals surface area contributed by atoms with Gasteiger partial charge in [0.1, 0.15) is 5.82 Å². The van der Waals surface area contributed by atoms with Crippen molar-refractivity contribution in [3.63, 3.8) is 0 Å². The van der Waals surface area contributed by atoms with E-state index in [0.717, 1.165) is 10.7 Å². The first-order valence-electron chi connectivity index (χ1n) is 6.52. The summed E-state index contributed by atoms with van der Waals surface area (Å²) < 4.78 is 15.5. The van der Waals surface area contributed by atoms with Crippen molar-refractivity contribution in [3.05, 3.63) is 59.1 Å². The van der Waals surface area contributed by atoms with Crippen molar-refractivity contribution < 1.29 is 9.18 Å². The third-order valence-electron chi connectivity index (χ3n) is 3.27. The number of nitrogens with zero attached hydrogens (tertiary/aromatic N) is 3. The van der Waals surface area contributed by atoms with Gasteiger partial charge in [-0.2, -0.15) is 0 Å². The van der Waals surface area contributed by atoms with Gasteiger partial charge in [0.2, 0.25) is 5.91 Å². The van der Waals surface area contributed by atoms with Crippen molar-refractivity contribution >= 4 is 22.2 Å². The van der Waals surface area contributed by atoms with E-state index < -0.39 is 0 Å². The lowest BCUT2D eigenvalue weighted by Crippen LogP contribution is -2.28. The molecule has 2 heterocycles. The molecule has 0 atom stereocenters. The van der Waals surface area contributed by atoms with E-state index in [1.807, 2.05) is 22.2 Å². The van der Waals surface area contributed by atoms with Crippen molar-refractivity contribution in [3.8, 4) is 0 Å². The Balaban J connectivity index is 1.67. The molecule has 0 bridgehead atoms. The molecule has 0 unspecified atom stereocenters. The summed E-state index contributed by atoms with van der Waals surface area (Å²) in [6, 6.07) is 6.49. The van der Waals surface area contributed by atoms with Crippen LogP contribution in [0.4, 0.5) is 4.39 Å². The molecule has 0 N–H and O–H groups in total. The molecule has 3 aromatic rings. The SMILES string of the molecule is CN(Cc1ccccc1F)C(=O)Cc1cn2ccsc2n1. The summed E-state index contributed by atoms with van der Waals surface area (Å²) in [4.78, 5) is 19.0. The lowest BCUT2D eigenvalue weighted by Gasteiger charge is -2.17.